The van der Waals surface area contributed by atoms with Gasteiger partial charge in [-0.1, -0.05) is 54.6 Å². The van der Waals surface area contributed by atoms with Gasteiger partial charge in [-0.25, -0.2) is 13.6 Å². The average molecular weight is 419 g/mol. The number of carboxylic acids is 1. The van der Waals surface area contributed by atoms with E-state index in [0.29, 0.717) is 0 Å². The van der Waals surface area contributed by atoms with Crippen LogP contribution in [0.25, 0.3) is 21.5 Å². The zero-order valence-corrected chi connectivity index (χ0v) is 16.4. The number of halogens is 2. The second-order valence-electron chi connectivity index (χ2n) is 7.39. The molecule has 0 spiro atoms. The van der Waals surface area contributed by atoms with Gasteiger partial charge in [-0.15, -0.1) is 0 Å². The lowest BCUT2D eigenvalue weighted by molar-refractivity contribution is -0.141. The third kappa shape index (κ3) is 4.38. The standard InChI is InChI=1S/C25H19F2NO3/c26-21-10-9-15(11-22(21)27)12-24(29)28-23(25(30)31)14-20-18-7-3-1-5-16(18)13-17-6-2-4-8-19(17)20/h1-11,13,23H,12,14H2,(H,28,29)(H,30,31)/t23-/m0/s1. The molecule has 1 atom stereocenters. The molecule has 4 aromatic rings. The average Bonchev–Trinajstić information content (AvgIpc) is 2.75. The van der Waals surface area contributed by atoms with E-state index in [1.807, 2.05) is 54.6 Å². The maximum absolute atomic E-state index is 13.4. The van der Waals surface area contributed by atoms with Crippen molar-refractivity contribution in [2.45, 2.75) is 18.9 Å². The molecular weight excluding hydrogens is 400 g/mol. The largest absolute Gasteiger partial charge is 0.480 e. The van der Waals surface area contributed by atoms with E-state index in [9.17, 15) is 23.5 Å². The van der Waals surface area contributed by atoms with E-state index in [-0.39, 0.29) is 18.4 Å². The second-order valence-corrected chi connectivity index (χ2v) is 7.39. The number of rotatable bonds is 6. The van der Waals surface area contributed by atoms with Crippen LogP contribution in [0, 0.1) is 11.6 Å². The molecule has 156 valence electrons. The third-order valence-corrected chi connectivity index (χ3v) is 5.27. The van der Waals surface area contributed by atoms with Crippen molar-refractivity contribution in [3.63, 3.8) is 0 Å². The first kappa shape index (κ1) is 20.5. The summed E-state index contributed by atoms with van der Waals surface area (Å²) in [4.78, 5) is 24.4. The van der Waals surface area contributed by atoms with Crippen LogP contribution in [0.4, 0.5) is 8.78 Å². The molecule has 4 nitrogen and oxygen atoms in total. The normalized spacial score (nSPS) is 12.1. The minimum atomic E-state index is -1.17. The number of hydrogen-bond acceptors (Lipinski definition) is 2. The van der Waals surface area contributed by atoms with E-state index in [1.165, 1.54) is 6.07 Å². The molecule has 0 unspecified atom stereocenters. The number of benzene rings is 4. The summed E-state index contributed by atoms with van der Waals surface area (Å²) in [5, 5.41) is 16.1. The Morgan fingerprint density at radius 3 is 2.03 bits per heavy atom. The number of nitrogens with one attached hydrogen (secondary N) is 1. The lowest BCUT2D eigenvalue weighted by Gasteiger charge is -2.18. The molecule has 0 aromatic heterocycles. The van der Waals surface area contributed by atoms with Crippen molar-refractivity contribution in [1.29, 1.82) is 0 Å². The predicted molar refractivity (Wildman–Crippen MR) is 115 cm³/mol. The molecule has 0 fully saturated rings. The molecule has 0 radical (unpaired) electrons. The van der Waals surface area contributed by atoms with Crippen molar-refractivity contribution in [1.82, 2.24) is 5.32 Å². The van der Waals surface area contributed by atoms with Crippen molar-refractivity contribution in [3.05, 3.63) is 95.6 Å². The van der Waals surface area contributed by atoms with E-state index in [2.05, 4.69) is 5.32 Å². The van der Waals surface area contributed by atoms with Gasteiger partial charge in [-0.3, -0.25) is 4.79 Å². The van der Waals surface area contributed by atoms with Crippen molar-refractivity contribution in [2.75, 3.05) is 0 Å². The van der Waals surface area contributed by atoms with Crippen LogP contribution in [0.2, 0.25) is 0 Å². The minimum absolute atomic E-state index is 0.0840. The molecule has 0 aliphatic rings. The van der Waals surface area contributed by atoms with E-state index in [0.717, 1.165) is 39.2 Å². The van der Waals surface area contributed by atoms with Crippen LogP contribution < -0.4 is 5.32 Å². The van der Waals surface area contributed by atoms with E-state index in [4.69, 9.17) is 0 Å². The molecule has 1 amide bonds. The molecule has 0 saturated heterocycles. The zero-order valence-electron chi connectivity index (χ0n) is 16.4. The highest BCUT2D eigenvalue weighted by Crippen LogP contribution is 2.29. The van der Waals surface area contributed by atoms with Crippen LogP contribution in [0.5, 0.6) is 0 Å². The fourth-order valence-electron chi connectivity index (χ4n) is 3.81. The van der Waals surface area contributed by atoms with Crippen molar-refractivity contribution >= 4 is 33.4 Å². The van der Waals surface area contributed by atoms with Gasteiger partial charge in [0.15, 0.2) is 11.6 Å². The first-order valence-electron chi connectivity index (χ1n) is 9.78. The number of fused-ring (bicyclic) bond motifs is 2. The summed E-state index contributed by atoms with van der Waals surface area (Å²) < 4.78 is 26.5. The number of amides is 1. The smallest absolute Gasteiger partial charge is 0.326 e. The fraction of sp³-hybridized carbons (Fsp3) is 0.120. The summed E-state index contributed by atoms with van der Waals surface area (Å²) in [6.45, 7) is 0. The lowest BCUT2D eigenvalue weighted by Crippen LogP contribution is -2.43. The molecule has 0 bridgehead atoms. The predicted octanol–water partition coefficient (Wildman–Crippen LogP) is 4.63. The maximum Gasteiger partial charge on any atom is 0.326 e. The summed E-state index contributed by atoms with van der Waals surface area (Å²) in [6.07, 6.45) is -0.169. The van der Waals surface area contributed by atoms with Gasteiger partial charge in [0, 0.05) is 6.42 Å². The molecule has 31 heavy (non-hydrogen) atoms. The van der Waals surface area contributed by atoms with E-state index < -0.39 is 29.6 Å². The minimum Gasteiger partial charge on any atom is -0.480 e. The van der Waals surface area contributed by atoms with Gasteiger partial charge in [0.25, 0.3) is 0 Å². The van der Waals surface area contributed by atoms with Gasteiger partial charge in [0.2, 0.25) is 5.91 Å². The van der Waals surface area contributed by atoms with Gasteiger partial charge in [-0.2, -0.15) is 0 Å². The van der Waals surface area contributed by atoms with Crippen LogP contribution in [-0.4, -0.2) is 23.0 Å². The highest BCUT2D eigenvalue weighted by Gasteiger charge is 2.23. The monoisotopic (exact) mass is 419 g/mol. The molecule has 6 heteroatoms. The molecule has 2 N–H and O–H groups in total. The summed E-state index contributed by atoms with van der Waals surface area (Å²) >= 11 is 0. The summed E-state index contributed by atoms with van der Waals surface area (Å²) in [6, 6.07) is 19.4. The summed E-state index contributed by atoms with van der Waals surface area (Å²) in [7, 11) is 0. The molecule has 0 aliphatic carbocycles. The van der Waals surface area contributed by atoms with Crippen LogP contribution in [0.3, 0.4) is 0 Å². The Hall–Kier alpha value is -3.80. The molecule has 0 aliphatic heterocycles. The van der Waals surface area contributed by atoms with Crippen molar-refractivity contribution < 1.29 is 23.5 Å². The van der Waals surface area contributed by atoms with Gasteiger partial charge >= 0.3 is 5.97 Å². The molecule has 0 heterocycles. The SMILES string of the molecule is O=C(Cc1ccc(F)c(F)c1)N[C@@H](Cc1c2ccccc2cc2ccccc12)C(=O)O. The van der Waals surface area contributed by atoms with Crippen molar-refractivity contribution in [3.8, 4) is 0 Å². The van der Waals surface area contributed by atoms with Crippen LogP contribution in [-0.2, 0) is 22.4 Å². The highest BCUT2D eigenvalue weighted by molar-refractivity contribution is 6.02. The maximum atomic E-state index is 13.4. The van der Waals surface area contributed by atoms with Gasteiger partial charge < -0.3 is 10.4 Å². The summed E-state index contributed by atoms with van der Waals surface area (Å²) in [5.74, 6) is -3.81. The number of hydrogen-bond donors (Lipinski definition) is 2. The molecule has 0 saturated carbocycles. The first-order chi connectivity index (χ1) is 14.9. The number of carbonyl (C=O) groups is 2. The zero-order chi connectivity index (χ0) is 22.0. The number of carboxylic acid groups (broad SMARTS) is 1. The van der Waals surface area contributed by atoms with Gasteiger partial charge in [0.1, 0.15) is 6.04 Å². The van der Waals surface area contributed by atoms with Crippen LogP contribution >= 0.6 is 0 Å². The Balaban J connectivity index is 1.63. The Kier molecular flexibility index (Phi) is 5.62. The van der Waals surface area contributed by atoms with E-state index in [1.54, 1.807) is 0 Å². The van der Waals surface area contributed by atoms with Gasteiger partial charge in [-0.05, 0) is 50.9 Å². The Bertz CT molecular complexity index is 1250. The molecule has 4 aromatic carbocycles. The van der Waals surface area contributed by atoms with Gasteiger partial charge in [0.05, 0.1) is 6.42 Å². The Labute approximate surface area is 177 Å². The van der Waals surface area contributed by atoms with Crippen molar-refractivity contribution in [2.24, 2.45) is 0 Å². The first-order valence-corrected chi connectivity index (χ1v) is 9.78. The quantitative estimate of drug-likeness (QED) is 0.448. The topological polar surface area (TPSA) is 66.4 Å². The third-order valence-electron chi connectivity index (χ3n) is 5.27. The van der Waals surface area contributed by atoms with Crippen LogP contribution in [0.1, 0.15) is 11.1 Å². The fourth-order valence-corrected chi connectivity index (χ4v) is 3.81. The number of aliphatic carboxylic acids is 1. The Morgan fingerprint density at radius 1 is 0.839 bits per heavy atom. The summed E-state index contributed by atoms with van der Waals surface area (Å²) in [5.41, 5.74) is 1.09. The number of carbonyl (C=O) groups excluding carboxylic acids is 1. The lowest BCUT2D eigenvalue weighted by atomic mass is 9.92. The second kappa shape index (κ2) is 8.52. The van der Waals surface area contributed by atoms with Crippen LogP contribution in [0.15, 0.2) is 72.8 Å². The Morgan fingerprint density at radius 2 is 1.45 bits per heavy atom. The molecular formula is C25H19F2NO3. The highest BCUT2D eigenvalue weighted by atomic mass is 19.2. The van der Waals surface area contributed by atoms with E-state index >= 15 is 0 Å². The molecule has 4 rings (SSSR count).